The lowest BCUT2D eigenvalue weighted by Crippen LogP contribution is -2.56. The molecular weight excluding hydrogens is 470 g/mol. The third-order valence-corrected chi connectivity index (χ3v) is 5.50. The Morgan fingerprint density at radius 2 is 1.74 bits per heavy atom. The van der Waals surface area contributed by atoms with Gasteiger partial charge in [-0.05, 0) is 31.0 Å². The van der Waals surface area contributed by atoms with Gasteiger partial charge in [-0.1, -0.05) is 42.5 Å². The monoisotopic (exact) mass is 497 g/mol. The number of hydroxylamine groups is 1. The Balaban J connectivity index is 1.87. The number of hydrogen-bond donors (Lipinski definition) is 3. The minimum absolute atomic E-state index is 0.0842. The zero-order chi connectivity index (χ0) is 25.8. The van der Waals surface area contributed by atoms with Crippen LogP contribution in [-0.2, 0) is 14.4 Å². The van der Waals surface area contributed by atoms with Gasteiger partial charge in [0.1, 0.15) is 6.17 Å². The summed E-state index contributed by atoms with van der Waals surface area (Å²) >= 11 is 0. The number of hydrogen-bond acceptors (Lipinski definition) is 5. The van der Waals surface area contributed by atoms with E-state index in [0.29, 0.717) is 11.3 Å². The average molecular weight is 497 g/mol. The highest BCUT2D eigenvalue weighted by Gasteiger charge is 2.41. The molecule has 0 aromatic heterocycles. The van der Waals surface area contributed by atoms with Crippen molar-refractivity contribution in [1.29, 1.82) is 0 Å². The first-order valence-corrected chi connectivity index (χ1v) is 11.0. The number of anilines is 1. The van der Waals surface area contributed by atoms with Crippen LogP contribution in [0.3, 0.4) is 0 Å². The summed E-state index contributed by atoms with van der Waals surface area (Å²) in [5, 5.41) is 16.4. The van der Waals surface area contributed by atoms with Crippen molar-refractivity contribution in [3.05, 3.63) is 54.1 Å². The topological polar surface area (TPSA) is 90.9 Å². The molecule has 190 valence electrons. The SMILES string of the molecule is CC(F)CN1OC[C@@H](NC(=O)C(C)(O)C(=O)NCCC(F)(F)F)c2ccccc2-c2ccccc21. The largest absolute Gasteiger partial charge is 0.390 e. The molecule has 1 heterocycles. The Bertz CT molecular complexity index is 1060. The van der Waals surface area contributed by atoms with Gasteiger partial charge in [-0.3, -0.25) is 19.5 Å². The fraction of sp³-hybridized carbons (Fsp3) is 0.417. The maximum atomic E-state index is 13.9. The van der Waals surface area contributed by atoms with Gasteiger partial charge in [0.15, 0.2) is 0 Å². The summed E-state index contributed by atoms with van der Waals surface area (Å²) < 4.78 is 51.0. The van der Waals surface area contributed by atoms with Gasteiger partial charge < -0.3 is 15.7 Å². The molecule has 3 N–H and O–H groups in total. The summed E-state index contributed by atoms with van der Waals surface area (Å²) in [6.07, 6.45) is -7.03. The lowest BCUT2D eigenvalue weighted by atomic mass is 9.92. The molecule has 2 amide bonds. The van der Waals surface area contributed by atoms with E-state index in [1.54, 1.807) is 36.4 Å². The Kier molecular flexibility index (Phi) is 8.01. The van der Waals surface area contributed by atoms with Gasteiger partial charge >= 0.3 is 6.18 Å². The van der Waals surface area contributed by atoms with E-state index in [-0.39, 0.29) is 13.2 Å². The van der Waals surface area contributed by atoms with E-state index in [2.05, 4.69) is 5.32 Å². The number of carbonyl (C=O) groups excluding carboxylic acids is 2. The van der Waals surface area contributed by atoms with Crippen LogP contribution in [0.2, 0.25) is 0 Å². The summed E-state index contributed by atoms with van der Waals surface area (Å²) in [4.78, 5) is 31.0. The number of aliphatic hydroxyl groups is 1. The van der Waals surface area contributed by atoms with E-state index in [0.717, 1.165) is 18.1 Å². The second-order valence-electron chi connectivity index (χ2n) is 8.46. The molecular formula is C24H27F4N3O4. The molecule has 0 saturated heterocycles. The Hall–Kier alpha value is -3.18. The van der Waals surface area contributed by atoms with Crippen LogP contribution in [0.15, 0.2) is 48.5 Å². The van der Waals surface area contributed by atoms with E-state index in [1.165, 1.54) is 12.0 Å². The molecule has 0 radical (unpaired) electrons. The summed E-state index contributed by atoms with van der Waals surface area (Å²) in [5.74, 6) is -2.39. The molecule has 2 unspecified atom stereocenters. The number of halogens is 4. The summed E-state index contributed by atoms with van der Waals surface area (Å²) in [6.45, 7) is 1.25. The third kappa shape index (κ3) is 6.49. The van der Waals surface area contributed by atoms with Crippen molar-refractivity contribution in [2.75, 3.05) is 24.8 Å². The van der Waals surface area contributed by atoms with Gasteiger partial charge in [-0.15, -0.1) is 0 Å². The minimum atomic E-state index is -4.50. The van der Waals surface area contributed by atoms with Crippen molar-refractivity contribution in [3.8, 4) is 11.1 Å². The van der Waals surface area contributed by atoms with Crippen LogP contribution in [0.4, 0.5) is 23.2 Å². The summed E-state index contributed by atoms with van der Waals surface area (Å²) in [6, 6.07) is 13.4. The lowest BCUT2D eigenvalue weighted by Gasteiger charge is -2.34. The first-order valence-electron chi connectivity index (χ1n) is 11.0. The molecule has 3 rings (SSSR count). The van der Waals surface area contributed by atoms with Crippen LogP contribution in [0, 0.1) is 0 Å². The summed E-state index contributed by atoms with van der Waals surface area (Å²) in [7, 11) is 0. The molecule has 1 aliphatic rings. The van der Waals surface area contributed by atoms with Crippen molar-refractivity contribution in [2.45, 2.75) is 44.3 Å². The molecule has 0 saturated carbocycles. The fourth-order valence-electron chi connectivity index (χ4n) is 3.68. The standard InChI is InChI=1S/C24H27F4N3O4/c1-15(25)13-31-20-10-6-5-9-18(20)16-7-3-4-8-17(16)19(14-35-31)30-22(33)23(2,34)21(32)29-12-11-24(26,27)28/h3-10,15,19,34H,11-14H2,1-2H3,(H,29,32)(H,30,33)/t15?,19-,23?/m1/s1. The second-order valence-corrected chi connectivity index (χ2v) is 8.46. The highest BCUT2D eigenvalue weighted by atomic mass is 19.4. The highest BCUT2D eigenvalue weighted by molar-refractivity contribution is 6.07. The normalized spacial score (nSPS) is 18.3. The Morgan fingerprint density at radius 1 is 1.11 bits per heavy atom. The molecule has 35 heavy (non-hydrogen) atoms. The molecule has 7 nitrogen and oxygen atoms in total. The molecule has 2 aromatic carbocycles. The second kappa shape index (κ2) is 10.6. The zero-order valence-electron chi connectivity index (χ0n) is 19.2. The van der Waals surface area contributed by atoms with Crippen LogP contribution < -0.4 is 15.7 Å². The van der Waals surface area contributed by atoms with Crippen molar-refractivity contribution < 1.29 is 37.1 Å². The molecule has 0 spiro atoms. The molecule has 0 bridgehead atoms. The number of amides is 2. The van der Waals surface area contributed by atoms with Gasteiger partial charge in [-0.2, -0.15) is 13.2 Å². The number of nitrogens with zero attached hydrogens (tertiary/aromatic N) is 1. The van der Waals surface area contributed by atoms with Crippen molar-refractivity contribution >= 4 is 17.5 Å². The fourth-order valence-corrected chi connectivity index (χ4v) is 3.68. The third-order valence-electron chi connectivity index (χ3n) is 5.50. The first-order chi connectivity index (χ1) is 16.4. The number of para-hydroxylation sites is 1. The van der Waals surface area contributed by atoms with E-state index >= 15 is 0 Å². The van der Waals surface area contributed by atoms with Crippen molar-refractivity contribution in [1.82, 2.24) is 10.6 Å². The number of benzene rings is 2. The van der Waals surface area contributed by atoms with Crippen LogP contribution >= 0.6 is 0 Å². The molecule has 1 aliphatic heterocycles. The highest BCUT2D eigenvalue weighted by Crippen LogP contribution is 2.38. The number of nitrogens with one attached hydrogen (secondary N) is 2. The quantitative estimate of drug-likeness (QED) is 0.403. The first kappa shape index (κ1) is 26.4. The maximum Gasteiger partial charge on any atom is 0.390 e. The number of fused-ring (bicyclic) bond motifs is 3. The number of alkyl halides is 4. The number of rotatable bonds is 7. The van der Waals surface area contributed by atoms with E-state index in [1.807, 2.05) is 17.4 Å². The van der Waals surface area contributed by atoms with Gasteiger partial charge in [-0.25, -0.2) is 4.39 Å². The van der Waals surface area contributed by atoms with E-state index < -0.39 is 48.8 Å². The van der Waals surface area contributed by atoms with Crippen LogP contribution in [0.5, 0.6) is 0 Å². The summed E-state index contributed by atoms with van der Waals surface area (Å²) in [5.41, 5.74) is 0.0511. The van der Waals surface area contributed by atoms with Crippen LogP contribution in [-0.4, -0.2) is 54.6 Å². The minimum Gasteiger partial charge on any atom is -0.372 e. The zero-order valence-corrected chi connectivity index (χ0v) is 19.2. The molecule has 3 atom stereocenters. The lowest BCUT2D eigenvalue weighted by molar-refractivity contribution is -0.153. The van der Waals surface area contributed by atoms with E-state index in [9.17, 15) is 32.3 Å². The average Bonchev–Trinajstić information content (AvgIpc) is 2.78. The van der Waals surface area contributed by atoms with Gasteiger partial charge in [0.2, 0.25) is 5.60 Å². The van der Waals surface area contributed by atoms with Gasteiger partial charge in [0.05, 0.1) is 31.3 Å². The van der Waals surface area contributed by atoms with E-state index in [4.69, 9.17) is 4.84 Å². The maximum absolute atomic E-state index is 13.9. The van der Waals surface area contributed by atoms with Gasteiger partial charge in [0.25, 0.3) is 11.8 Å². The predicted octanol–water partition coefficient (Wildman–Crippen LogP) is 3.44. The van der Waals surface area contributed by atoms with Crippen LogP contribution in [0.25, 0.3) is 11.1 Å². The van der Waals surface area contributed by atoms with Crippen molar-refractivity contribution in [3.63, 3.8) is 0 Å². The Morgan fingerprint density at radius 3 is 2.40 bits per heavy atom. The molecule has 0 aliphatic carbocycles. The number of carbonyl (C=O) groups is 2. The van der Waals surface area contributed by atoms with Crippen molar-refractivity contribution in [2.24, 2.45) is 0 Å². The van der Waals surface area contributed by atoms with Gasteiger partial charge in [0, 0.05) is 12.1 Å². The molecule has 2 aromatic rings. The molecule has 11 heteroatoms. The van der Waals surface area contributed by atoms with Crippen LogP contribution in [0.1, 0.15) is 31.9 Å². The Labute approximate surface area is 200 Å². The smallest absolute Gasteiger partial charge is 0.372 e. The molecule has 0 fully saturated rings. The predicted molar refractivity (Wildman–Crippen MR) is 121 cm³/mol.